The molecule has 0 N–H and O–H groups in total. The van der Waals surface area contributed by atoms with Crippen molar-refractivity contribution in [3.63, 3.8) is 0 Å². The first kappa shape index (κ1) is 17.0. The molecule has 2 aliphatic rings. The van der Waals surface area contributed by atoms with Crippen molar-refractivity contribution in [3.05, 3.63) is 35.4 Å². The number of hydrogen-bond donors (Lipinski definition) is 0. The van der Waals surface area contributed by atoms with Gasteiger partial charge in [0.2, 0.25) is 0 Å². The third kappa shape index (κ3) is 2.47. The van der Waals surface area contributed by atoms with Crippen molar-refractivity contribution < 1.29 is 9.08 Å². The van der Waals surface area contributed by atoms with Gasteiger partial charge >= 0.3 is 5.97 Å². The maximum Gasteiger partial charge on any atom is 0.373 e. The molecule has 0 fully saturated rings. The molecule has 0 aromatic heterocycles. The highest BCUT2D eigenvalue weighted by Crippen LogP contribution is 2.56. The third-order valence-corrected chi connectivity index (χ3v) is 6.00. The van der Waals surface area contributed by atoms with Crippen molar-refractivity contribution in [2.24, 2.45) is 10.4 Å². The maximum absolute atomic E-state index is 11.8. The minimum atomic E-state index is -0.892. The lowest BCUT2D eigenvalue weighted by Gasteiger charge is -2.41. The highest BCUT2D eigenvalue weighted by atomic mass is 35.5. The molecule has 0 radical (unpaired) electrons. The van der Waals surface area contributed by atoms with Crippen LogP contribution in [0.1, 0.15) is 37.8 Å². The lowest BCUT2D eigenvalue weighted by Crippen LogP contribution is -2.47. The zero-order valence-corrected chi connectivity index (χ0v) is 15.3. The molecule has 4 nitrogen and oxygen atoms in total. The van der Waals surface area contributed by atoms with Crippen molar-refractivity contribution in [1.29, 1.82) is 0 Å². The van der Waals surface area contributed by atoms with Crippen molar-refractivity contribution in [3.8, 4) is 0 Å². The topological polar surface area (TPSA) is 41.9 Å². The summed E-state index contributed by atoms with van der Waals surface area (Å²) in [5.41, 5.74) is 0.620. The molecule has 3 rings (SSSR count). The van der Waals surface area contributed by atoms with Crippen LogP contribution in [0, 0.1) is 5.41 Å². The minimum Gasteiger partial charge on any atom is -0.342 e. The van der Waals surface area contributed by atoms with Gasteiger partial charge in [0.1, 0.15) is 17.5 Å². The molecule has 7 heteroatoms. The second-order valence-corrected chi connectivity index (χ2v) is 7.83. The van der Waals surface area contributed by atoms with E-state index >= 15 is 0 Å². The molecule has 124 valence electrons. The van der Waals surface area contributed by atoms with Crippen molar-refractivity contribution in [2.75, 3.05) is 0 Å². The third-order valence-electron chi connectivity index (χ3n) is 4.82. The van der Waals surface area contributed by atoms with Gasteiger partial charge < -0.3 is 4.29 Å². The van der Waals surface area contributed by atoms with Crippen LogP contribution < -0.4 is 0 Å². The normalized spacial score (nSPS) is 32.5. The number of aliphatic imine (C=N–C) groups is 1. The summed E-state index contributed by atoms with van der Waals surface area (Å²) in [5.74, 6) is -0.796. The van der Waals surface area contributed by atoms with Crippen LogP contribution in [-0.2, 0) is 15.5 Å². The Morgan fingerprint density at radius 2 is 2.00 bits per heavy atom. The van der Waals surface area contributed by atoms with Crippen LogP contribution in [0.25, 0.3) is 0 Å². The Morgan fingerprint density at radius 3 is 2.65 bits per heavy atom. The summed E-state index contributed by atoms with van der Waals surface area (Å²) < 4.78 is 5.66. The number of hydrogen-bond acceptors (Lipinski definition) is 4. The highest BCUT2D eigenvalue weighted by Gasteiger charge is 2.57. The van der Waals surface area contributed by atoms with Crippen LogP contribution in [0.15, 0.2) is 29.3 Å². The molecule has 1 aromatic carbocycles. The largest absolute Gasteiger partial charge is 0.373 e. The zero-order valence-electron chi connectivity index (χ0n) is 13.0. The number of carbonyl (C=O) groups is 1. The predicted octanol–water partition coefficient (Wildman–Crippen LogP) is 4.24. The van der Waals surface area contributed by atoms with E-state index in [1.54, 1.807) is 0 Å². The van der Waals surface area contributed by atoms with Gasteiger partial charge in [-0.05, 0) is 41.7 Å². The van der Waals surface area contributed by atoms with Gasteiger partial charge in [0.25, 0.3) is 0 Å². The summed E-state index contributed by atoms with van der Waals surface area (Å²) >= 11 is 17.9. The number of halogens is 3. The Balaban J connectivity index is 2.13. The van der Waals surface area contributed by atoms with E-state index in [1.165, 1.54) is 15.5 Å². The fourth-order valence-electron chi connectivity index (χ4n) is 4.08. The van der Waals surface area contributed by atoms with Gasteiger partial charge in [0.15, 0.2) is 11.2 Å². The van der Waals surface area contributed by atoms with Gasteiger partial charge in [-0.15, -0.1) is 0 Å². The van der Waals surface area contributed by atoms with Crippen LogP contribution in [0.4, 0.5) is 0 Å². The van der Waals surface area contributed by atoms with E-state index in [1.807, 2.05) is 19.1 Å². The van der Waals surface area contributed by atoms with E-state index in [-0.39, 0.29) is 17.0 Å². The molecule has 1 aromatic rings. The summed E-state index contributed by atoms with van der Waals surface area (Å²) in [4.78, 5) is 16.4. The van der Waals surface area contributed by atoms with Gasteiger partial charge in [-0.3, -0.25) is 4.99 Å². The molecular weight excluding hydrogens is 359 g/mol. The van der Waals surface area contributed by atoms with Crippen LogP contribution in [0.2, 0.25) is 0 Å². The first-order chi connectivity index (χ1) is 10.7. The number of nitrogens with zero attached hydrogens (tertiary/aromatic N) is 2. The summed E-state index contributed by atoms with van der Waals surface area (Å²) in [5, 5.41) is 0. The van der Waals surface area contributed by atoms with Crippen LogP contribution >= 0.6 is 35.2 Å². The van der Waals surface area contributed by atoms with Gasteiger partial charge in [-0.2, -0.15) is 4.42 Å². The molecule has 3 atom stereocenters. The second-order valence-electron chi connectivity index (χ2n) is 6.90. The van der Waals surface area contributed by atoms with E-state index in [9.17, 15) is 4.79 Å². The molecule has 1 aliphatic heterocycles. The van der Waals surface area contributed by atoms with Gasteiger partial charge in [0, 0.05) is 5.92 Å². The van der Waals surface area contributed by atoms with Crippen LogP contribution in [-0.4, -0.2) is 27.3 Å². The lowest BCUT2D eigenvalue weighted by molar-refractivity contribution is -0.126. The molecule has 1 heterocycles. The Morgan fingerprint density at radius 1 is 1.35 bits per heavy atom. The Labute approximate surface area is 150 Å². The molecular formula is C16H17Cl3N2O2. The van der Waals surface area contributed by atoms with Crippen LogP contribution in [0.3, 0.4) is 0 Å². The summed E-state index contributed by atoms with van der Waals surface area (Å²) in [6.07, 6.45) is 0.909. The Bertz CT molecular complexity index is 692. The standard InChI is InChI=1S/C16H17Cl3N2O2/c1-15(2)8-9-6-4-5-7-10(9)12(15)16(3)20-11(14(22)23-19)13(17)21(16)18/h4-7,12-13H,8H2,1-3H3. The summed E-state index contributed by atoms with van der Waals surface area (Å²) in [7, 11) is 0. The smallest absolute Gasteiger partial charge is 0.342 e. The average molecular weight is 376 g/mol. The number of fused-ring (bicyclic) bond motifs is 1. The Hall–Kier alpha value is -0.810. The Kier molecular flexibility index (Phi) is 4.16. The highest BCUT2D eigenvalue weighted by molar-refractivity contribution is 6.53. The summed E-state index contributed by atoms with van der Waals surface area (Å²) in [6, 6.07) is 8.22. The summed E-state index contributed by atoms with van der Waals surface area (Å²) in [6.45, 7) is 6.23. The molecule has 0 saturated carbocycles. The first-order valence-electron chi connectivity index (χ1n) is 7.32. The molecule has 0 spiro atoms. The molecule has 23 heavy (non-hydrogen) atoms. The fourth-order valence-corrected chi connectivity index (χ4v) is 4.72. The minimum absolute atomic E-state index is 0.0226. The zero-order chi connectivity index (χ0) is 17.0. The van der Waals surface area contributed by atoms with E-state index in [4.69, 9.17) is 35.2 Å². The fraction of sp³-hybridized carbons (Fsp3) is 0.500. The quantitative estimate of drug-likeness (QED) is 0.441. The number of carbonyl (C=O) groups excluding carboxylic acids is 1. The first-order valence-corrected chi connectivity index (χ1v) is 8.40. The van der Waals surface area contributed by atoms with E-state index in [0.717, 1.165) is 6.42 Å². The van der Waals surface area contributed by atoms with E-state index in [0.29, 0.717) is 0 Å². The maximum atomic E-state index is 11.8. The monoisotopic (exact) mass is 374 g/mol. The van der Waals surface area contributed by atoms with E-state index in [2.05, 4.69) is 35.3 Å². The van der Waals surface area contributed by atoms with E-state index < -0.39 is 17.1 Å². The molecule has 3 unspecified atom stereocenters. The lowest BCUT2D eigenvalue weighted by atomic mass is 9.73. The molecule has 0 amide bonds. The predicted molar refractivity (Wildman–Crippen MR) is 91.8 cm³/mol. The molecule has 1 aliphatic carbocycles. The SMILES string of the molecule is CC1(C)Cc2ccccc2C1C1(C)N=C(C(=O)OCl)C(Cl)N1Cl. The van der Waals surface area contributed by atoms with Crippen LogP contribution in [0.5, 0.6) is 0 Å². The van der Waals surface area contributed by atoms with Crippen molar-refractivity contribution >= 4 is 46.9 Å². The number of benzene rings is 1. The number of rotatable bonds is 2. The molecule has 0 bridgehead atoms. The van der Waals surface area contributed by atoms with Crippen molar-refractivity contribution in [2.45, 2.75) is 44.3 Å². The second kappa shape index (κ2) is 5.62. The van der Waals surface area contributed by atoms with Gasteiger partial charge in [-0.1, -0.05) is 49.7 Å². The van der Waals surface area contributed by atoms with Gasteiger partial charge in [-0.25, -0.2) is 4.79 Å². The average Bonchev–Trinajstić information content (AvgIpc) is 2.91. The van der Waals surface area contributed by atoms with Crippen molar-refractivity contribution in [1.82, 2.24) is 4.42 Å². The molecule has 0 saturated heterocycles. The number of alkyl halides is 1. The van der Waals surface area contributed by atoms with Gasteiger partial charge in [0.05, 0.1) is 0 Å².